The van der Waals surface area contributed by atoms with Crippen LogP contribution >= 0.6 is 12.4 Å². The molecule has 5 heteroatoms. The van der Waals surface area contributed by atoms with E-state index in [1.54, 1.807) is 0 Å². The molecule has 1 rings (SSSR count). The Morgan fingerprint density at radius 1 is 1.39 bits per heavy atom. The van der Waals surface area contributed by atoms with Crippen LogP contribution in [0.25, 0.3) is 0 Å². The van der Waals surface area contributed by atoms with E-state index < -0.39 is 5.41 Å². The highest BCUT2D eigenvalue weighted by Gasteiger charge is 2.32. The number of hydrogen-bond acceptors (Lipinski definition) is 3. The van der Waals surface area contributed by atoms with Gasteiger partial charge in [0.1, 0.15) is 0 Å². The zero-order valence-electron chi connectivity index (χ0n) is 11.5. The SMILES string of the molecule is CCC(CC)(CN)C(=O)NCCOCC1CC1.Cl. The van der Waals surface area contributed by atoms with Crippen molar-refractivity contribution in [1.29, 1.82) is 0 Å². The quantitative estimate of drug-likeness (QED) is 0.631. The Balaban J connectivity index is 0.00000289. The average molecular weight is 279 g/mol. The van der Waals surface area contributed by atoms with Crippen molar-refractivity contribution in [2.24, 2.45) is 17.1 Å². The van der Waals surface area contributed by atoms with Gasteiger partial charge in [0, 0.05) is 19.7 Å². The lowest BCUT2D eigenvalue weighted by Crippen LogP contribution is -2.46. The molecule has 1 aliphatic carbocycles. The third-order valence-electron chi connectivity index (χ3n) is 3.81. The lowest BCUT2D eigenvalue weighted by Gasteiger charge is -2.28. The Kier molecular flexibility index (Phi) is 8.57. The molecule has 4 nitrogen and oxygen atoms in total. The van der Waals surface area contributed by atoms with Crippen LogP contribution in [0.5, 0.6) is 0 Å². The van der Waals surface area contributed by atoms with E-state index in [1.807, 2.05) is 13.8 Å². The molecule has 0 unspecified atom stereocenters. The molecule has 18 heavy (non-hydrogen) atoms. The second-order valence-corrected chi connectivity index (χ2v) is 4.97. The van der Waals surface area contributed by atoms with E-state index in [2.05, 4.69) is 5.32 Å². The van der Waals surface area contributed by atoms with Crippen LogP contribution in [0, 0.1) is 11.3 Å². The number of ether oxygens (including phenoxy) is 1. The zero-order chi connectivity index (χ0) is 12.7. The van der Waals surface area contributed by atoms with Crippen LogP contribution in [0.2, 0.25) is 0 Å². The third-order valence-corrected chi connectivity index (χ3v) is 3.81. The van der Waals surface area contributed by atoms with Crippen LogP contribution in [0.3, 0.4) is 0 Å². The number of halogens is 1. The summed E-state index contributed by atoms with van der Waals surface area (Å²) >= 11 is 0. The van der Waals surface area contributed by atoms with Gasteiger partial charge in [-0.25, -0.2) is 0 Å². The summed E-state index contributed by atoms with van der Waals surface area (Å²) in [7, 11) is 0. The van der Waals surface area contributed by atoms with Gasteiger partial charge in [-0.15, -0.1) is 12.4 Å². The van der Waals surface area contributed by atoms with Crippen LogP contribution in [0.4, 0.5) is 0 Å². The molecule has 1 fully saturated rings. The largest absolute Gasteiger partial charge is 0.379 e. The summed E-state index contributed by atoms with van der Waals surface area (Å²) in [5, 5.41) is 2.93. The molecule has 1 aliphatic rings. The average Bonchev–Trinajstić information content (AvgIpc) is 3.16. The Labute approximate surface area is 116 Å². The predicted octanol–water partition coefficient (Wildman–Crippen LogP) is 1.72. The number of carbonyl (C=O) groups excluding carboxylic acids is 1. The van der Waals surface area contributed by atoms with Crippen molar-refractivity contribution in [1.82, 2.24) is 5.32 Å². The summed E-state index contributed by atoms with van der Waals surface area (Å²) in [6.45, 7) is 6.48. The zero-order valence-corrected chi connectivity index (χ0v) is 12.4. The topological polar surface area (TPSA) is 64.4 Å². The molecule has 0 aromatic carbocycles. The smallest absolute Gasteiger partial charge is 0.227 e. The van der Waals surface area contributed by atoms with Crippen molar-refractivity contribution in [3.8, 4) is 0 Å². The Bertz CT molecular complexity index is 233. The molecule has 0 heterocycles. The van der Waals surface area contributed by atoms with E-state index >= 15 is 0 Å². The fraction of sp³-hybridized carbons (Fsp3) is 0.923. The number of nitrogens with two attached hydrogens (primary N) is 1. The van der Waals surface area contributed by atoms with Crippen LogP contribution in [-0.4, -0.2) is 32.2 Å². The molecule has 0 aromatic rings. The molecule has 0 bridgehead atoms. The highest BCUT2D eigenvalue weighted by Crippen LogP contribution is 2.28. The van der Waals surface area contributed by atoms with Crippen molar-refractivity contribution < 1.29 is 9.53 Å². The van der Waals surface area contributed by atoms with E-state index in [9.17, 15) is 4.79 Å². The Morgan fingerprint density at radius 3 is 2.44 bits per heavy atom. The van der Waals surface area contributed by atoms with Crippen molar-refractivity contribution in [3.63, 3.8) is 0 Å². The van der Waals surface area contributed by atoms with Gasteiger partial charge in [0.05, 0.1) is 12.0 Å². The molecule has 0 aliphatic heterocycles. The normalized spacial score (nSPS) is 15.1. The van der Waals surface area contributed by atoms with Crippen molar-refractivity contribution in [3.05, 3.63) is 0 Å². The lowest BCUT2D eigenvalue weighted by molar-refractivity contribution is -0.131. The molecule has 0 spiro atoms. The number of nitrogens with one attached hydrogen (secondary N) is 1. The standard InChI is InChI=1S/C13H26N2O2.ClH/c1-3-13(4-2,10-14)12(16)15-7-8-17-9-11-5-6-11;/h11H,3-10,14H2,1-2H3,(H,15,16);1H. The Morgan fingerprint density at radius 2 is 2.00 bits per heavy atom. The van der Waals surface area contributed by atoms with Crippen molar-refractivity contribution in [2.75, 3.05) is 26.3 Å². The van der Waals surface area contributed by atoms with Crippen LogP contribution in [0.15, 0.2) is 0 Å². The van der Waals surface area contributed by atoms with Gasteiger partial charge in [0.2, 0.25) is 5.91 Å². The molecule has 0 radical (unpaired) electrons. The molecule has 0 atom stereocenters. The maximum atomic E-state index is 12.0. The van der Waals surface area contributed by atoms with E-state index in [0.29, 0.717) is 19.7 Å². The minimum atomic E-state index is -0.392. The second-order valence-electron chi connectivity index (χ2n) is 4.97. The first-order valence-corrected chi connectivity index (χ1v) is 6.74. The van der Waals surface area contributed by atoms with Crippen molar-refractivity contribution >= 4 is 18.3 Å². The van der Waals surface area contributed by atoms with Gasteiger partial charge in [-0.2, -0.15) is 0 Å². The number of carbonyl (C=O) groups is 1. The minimum Gasteiger partial charge on any atom is -0.379 e. The van der Waals surface area contributed by atoms with Gasteiger partial charge in [-0.05, 0) is 31.6 Å². The van der Waals surface area contributed by atoms with Gasteiger partial charge in [0.15, 0.2) is 0 Å². The van der Waals surface area contributed by atoms with Gasteiger partial charge in [-0.1, -0.05) is 13.8 Å². The Hall–Kier alpha value is -0.320. The predicted molar refractivity (Wildman–Crippen MR) is 75.9 cm³/mol. The van der Waals surface area contributed by atoms with Gasteiger partial charge < -0.3 is 15.8 Å². The molecular weight excluding hydrogens is 252 g/mol. The van der Waals surface area contributed by atoms with E-state index in [4.69, 9.17) is 10.5 Å². The highest BCUT2D eigenvalue weighted by atomic mass is 35.5. The minimum absolute atomic E-state index is 0. The molecule has 0 aromatic heterocycles. The number of rotatable bonds is 9. The number of amides is 1. The summed E-state index contributed by atoms with van der Waals surface area (Å²) in [4.78, 5) is 12.0. The maximum absolute atomic E-state index is 12.0. The summed E-state index contributed by atoms with van der Waals surface area (Å²) in [6, 6.07) is 0. The van der Waals surface area contributed by atoms with Crippen LogP contribution in [0.1, 0.15) is 39.5 Å². The fourth-order valence-corrected chi connectivity index (χ4v) is 1.91. The molecular formula is C13H27ClN2O2. The first kappa shape index (κ1) is 17.7. The molecule has 3 N–H and O–H groups in total. The second kappa shape index (κ2) is 8.73. The fourth-order valence-electron chi connectivity index (χ4n) is 1.91. The van der Waals surface area contributed by atoms with E-state index in [0.717, 1.165) is 25.4 Å². The molecule has 108 valence electrons. The van der Waals surface area contributed by atoms with Gasteiger partial charge >= 0.3 is 0 Å². The van der Waals surface area contributed by atoms with E-state index in [-0.39, 0.29) is 18.3 Å². The first-order chi connectivity index (χ1) is 8.18. The number of hydrogen-bond donors (Lipinski definition) is 2. The van der Waals surface area contributed by atoms with Crippen LogP contribution in [-0.2, 0) is 9.53 Å². The summed E-state index contributed by atoms with van der Waals surface area (Å²) in [5.41, 5.74) is 5.32. The van der Waals surface area contributed by atoms with Crippen molar-refractivity contribution in [2.45, 2.75) is 39.5 Å². The lowest BCUT2D eigenvalue weighted by atomic mass is 9.81. The molecule has 1 amide bonds. The van der Waals surface area contributed by atoms with Crippen LogP contribution < -0.4 is 11.1 Å². The monoisotopic (exact) mass is 278 g/mol. The van der Waals surface area contributed by atoms with Gasteiger partial charge in [0.25, 0.3) is 0 Å². The summed E-state index contributed by atoms with van der Waals surface area (Å²) in [6.07, 6.45) is 4.17. The van der Waals surface area contributed by atoms with Gasteiger partial charge in [-0.3, -0.25) is 4.79 Å². The first-order valence-electron chi connectivity index (χ1n) is 6.74. The molecule has 0 saturated heterocycles. The summed E-state index contributed by atoms with van der Waals surface area (Å²) in [5.74, 6) is 0.847. The maximum Gasteiger partial charge on any atom is 0.227 e. The molecule has 1 saturated carbocycles. The highest BCUT2D eigenvalue weighted by molar-refractivity contribution is 5.85. The van der Waals surface area contributed by atoms with E-state index in [1.165, 1.54) is 12.8 Å². The third kappa shape index (κ3) is 5.12. The summed E-state index contributed by atoms with van der Waals surface area (Å²) < 4.78 is 5.48.